The highest BCUT2D eigenvalue weighted by molar-refractivity contribution is 5.97. The molecule has 0 aliphatic heterocycles. The van der Waals surface area contributed by atoms with Crippen LogP contribution in [0.25, 0.3) is 0 Å². The lowest BCUT2D eigenvalue weighted by atomic mass is 9.87. The summed E-state index contributed by atoms with van der Waals surface area (Å²) >= 11 is 0. The minimum absolute atomic E-state index is 0.0432. The van der Waals surface area contributed by atoms with E-state index in [0.717, 1.165) is 19.3 Å². The van der Waals surface area contributed by atoms with Crippen LogP contribution >= 0.6 is 0 Å². The van der Waals surface area contributed by atoms with Crippen LogP contribution in [0.15, 0.2) is 24.3 Å². The molecule has 3 N–H and O–H groups in total. The Morgan fingerprint density at radius 3 is 2.25 bits per heavy atom. The van der Waals surface area contributed by atoms with Crippen molar-refractivity contribution in [1.82, 2.24) is 10.6 Å². The van der Waals surface area contributed by atoms with Crippen LogP contribution in [0.5, 0.6) is 0 Å². The Morgan fingerprint density at radius 2 is 1.64 bits per heavy atom. The van der Waals surface area contributed by atoms with Gasteiger partial charge >= 0.3 is 0 Å². The summed E-state index contributed by atoms with van der Waals surface area (Å²) in [7, 11) is 0. The lowest BCUT2D eigenvalue weighted by Crippen LogP contribution is -2.42. The fraction of sp³-hybridized carbons (Fsp3) is 0.591. The van der Waals surface area contributed by atoms with E-state index in [0.29, 0.717) is 23.6 Å². The predicted molar refractivity (Wildman–Crippen MR) is 111 cm³/mol. The van der Waals surface area contributed by atoms with Crippen LogP contribution in [0.4, 0.5) is 5.69 Å². The molecule has 6 nitrogen and oxygen atoms in total. The second-order valence-electron chi connectivity index (χ2n) is 8.30. The molecular weight excluding hydrogens is 354 g/mol. The Kier molecular flexibility index (Phi) is 8.03. The van der Waals surface area contributed by atoms with E-state index in [9.17, 15) is 14.4 Å². The van der Waals surface area contributed by atoms with E-state index in [1.54, 1.807) is 24.3 Å². The summed E-state index contributed by atoms with van der Waals surface area (Å²) in [4.78, 5) is 36.3. The van der Waals surface area contributed by atoms with Crippen molar-refractivity contribution in [2.24, 2.45) is 5.92 Å². The fourth-order valence-electron chi connectivity index (χ4n) is 3.28. The van der Waals surface area contributed by atoms with Crippen molar-refractivity contribution in [3.63, 3.8) is 0 Å². The molecule has 2 rings (SSSR count). The standard InChI is InChI=1S/C22H33N3O3/c1-4-22(2,3)25-21(28)17-10-12-18(13-11-17)24-20(27)15-23-19(26)14-16-8-6-5-7-9-16/h10-13,16H,4-9,14-15H2,1-3H3,(H,23,26)(H,24,27)(H,25,28). The second-order valence-corrected chi connectivity index (χ2v) is 8.30. The van der Waals surface area contributed by atoms with Gasteiger partial charge in [0.25, 0.3) is 5.91 Å². The Labute approximate surface area is 167 Å². The molecule has 1 aliphatic carbocycles. The van der Waals surface area contributed by atoms with Crippen LogP contribution in [-0.2, 0) is 9.59 Å². The summed E-state index contributed by atoms with van der Waals surface area (Å²) in [5, 5.41) is 8.41. The number of carbonyl (C=O) groups excluding carboxylic acids is 3. The lowest BCUT2D eigenvalue weighted by molar-refractivity contribution is -0.125. The average Bonchev–Trinajstić information content (AvgIpc) is 2.67. The van der Waals surface area contributed by atoms with Crippen LogP contribution < -0.4 is 16.0 Å². The van der Waals surface area contributed by atoms with Gasteiger partial charge in [0.05, 0.1) is 6.54 Å². The molecule has 0 atom stereocenters. The van der Waals surface area contributed by atoms with E-state index in [2.05, 4.69) is 16.0 Å². The maximum atomic E-state index is 12.2. The van der Waals surface area contributed by atoms with Gasteiger partial charge in [0.1, 0.15) is 0 Å². The van der Waals surface area contributed by atoms with Crippen molar-refractivity contribution in [2.75, 3.05) is 11.9 Å². The van der Waals surface area contributed by atoms with Gasteiger partial charge in [-0.05, 0) is 63.3 Å². The van der Waals surface area contributed by atoms with E-state index in [1.807, 2.05) is 20.8 Å². The first-order chi connectivity index (χ1) is 13.3. The number of carbonyl (C=O) groups is 3. The Morgan fingerprint density at radius 1 is 1.00 bits per heavy atom. The van der Waals surface area contributed by atoms with Crippen LogP contribution in [0.2, 0.25) is 0 Å². The zero-order valence-electron chi connectivity index (χ0n) is 17.3. The quantitative estimate of drug-likeness (QED) is 0.636. The van der Waals surface area contributed by atoms with E-state index in [-0.39, 0.29) is 29.8 Å². The summed E-state index contributed by atoms with van der Waals surface area (Å²) in [5.74, 6) is -0.0261. The summed E-state index contributed by atoms with van der Waals surface area (Å²) in [6.07, 6.45) is 7.20. The predicted octanol–water partition coefficient (Wildman–Crippen LogP) is 3.63. The molecule has 0 unspecified atom stereocenters. The number of amides is 3. The summed E-state index contributed by atoms with van der Waals surface area (Å²) < 4.78 is 0. The molecule has 154 valence electrons. The molecule has 0 spiro atoms. The first-order valence-corrected chi connectivity index (χ1v) is 10.3. The summed E-state index contributed by atoms with van der Waals surface area (Å²) in [6, 6.07) is 6.74. The van der Waals surface area contributed by atoms with Crippen molar-refractivity contribution in [1.29, 1.82) is 0 Å². The number of nitrogens with one attached hydrogen (secondary N) is 3. The zero-order valence-corrected chi connectivity index (χ0v) is 17.3. The van der Waals surface area contributed by atoms with Gasteiger partial charge in [-0.1, -0.05) is 26.2 Å². The Balaban J connectivity index is 1.76. The summed E-state index contributed by atoms with van der Waals surface area (Å²) in [5.41, 5.74) is 0.873. The zero-order chi connectivity index (χ0) is 20.6. The van der Waals surface area contributed by atoms with Crippen LogP contribution in [0.1, 0.15) is 76.1 Å². The minimum Gasteiger partial charge on any atom is -0.347 e. The van der Waals surface area contributed by atoms with Crippen molar-refractivity contribution < 1.29 is 14.4 Å². The number of rotatable bonds is 8. The molecule has 0 heterocycles. The van der Waals surface area contributed by atoms with Gasteiger partial charge in [0, 0.05) is 23.2 Å². The number of hydrogen-bond acceptors (Lipinski definition) is 3. The third-order valence-corrected chi connectivity index (χ3v) is 5.41. The van der Waals surface area contributed by atoms with E-state index >= 15 is 0 Å². The van der Waals surface area contributed by atoms with Gasteiger partial charge in [-0.15, -0.1) is 0 Å². The van der Waals surface area contributed by atoms with Gasteiger partial charge < -0.3 is 16.0 Å². The maximum absolute atomic E-state index is 12.2. The highest BCUT2D eigenvalue weighted by atomic mass is 16.2. The SMILES string of the molecule is CCC(C)(C)NC(=O)c1ccc(NC(=O)CNC(=O)CC2CCCCC2)cc1. The summed E-state index contributed by atoms with van der Waals surface area (Å²) in [6.45, 7) is 5.93. The normalized spacial score (nSPS) is 15.0. The van der Waals surface area contributed by atoms with Gasteiger partial charge in [-0.3, -0.25) is 14.4 Å². The molecule has 0 radical (unpaired) electrons. The molecule has 0 aromatic heterocycles. The Hall–Kier alpha value is -2.37. The third-order valence-electron chi connectivity index (χ3n) is 5.41. The van der Waals surface area contributed by atoms with Gasteiger partial charge in [-0.2, -0.15) is 0 Å². The van der Waals surface area contributed by atoms with Gasteiger partial charge in [0.15, 0.2) is 0 Å². The smallest absolute Gasteiger partial charge is 0.251 e. The topological polar surface area (TPSA) is 87.3 Å². The largest absolute Gasteiger partial charge is 0.347 e. The van der Waals surface area contributed by atoms with E-state index in [4.69, 9.17) is 0 Å². The molecule has 0 bridgehead atoms. The number of anilines is 1. The third kappa shape index (κ3) is 7.33. The lowest BCUT2D eigenvalue weighted by Gasteiger charge is -2.24. The number of benzene rings is 1. The molecule has 1 saturated carbocycles. The van der Waals surface area contributed by atoms with Crippen LogP contribution in [0.3, 0.4) is 0 Å². The fourth-order valence-corrected chi connectivity index (χ4v) is 3.28. The van der Waals surface area contributed by atoms with Crippen molar-refractivity contribution >= 4 is 23.4 Å². The Bertz CT molecular complexity index is 677. The van der Waals surface area contributed by atoms with Crippen LogP contribution in [-0.4, -0.2) is 29.8 Å². The molecular formula is C22H33N3O3. The molecule has 1 aromatic rings. The van der Waals surface area contributed by atoms with Gasteiger partial charge in [0.2, 0.25) is 11.8 Å². The van der Waals surface area contributed by atoms with Crippen molar-refractivity contribution in [2.45, 2.75) is 71.3 Å². The second kappa shape index (κ2) is 10.2. The van der Waals surface area contributed by atoms with E-state index in [1.165, 1.54) is 19.3 Å². The molecule has 3 amide bonds. The first-order valence-electron chi connectivity index (χ1n) is 10.3. The van der Waals surface area contributed by atoms with E-state index < -0.39 is 0 Å². The molecule has 6 heteroatoms. The monoisotopic (exact) mass is 387 g/mol. The highest BCUT2D eigenvalue weighted by Crippen LogP contribution is 2.26. The average molecular weight is 388 g/mol. The molecule has 0 saturated heterocycles. The van der Waals surface area contributed by atoms with Crippen LogP contribution in [0, 0.1) is 5.92 Å². The molecule has 28 heavy (non-hydrogen) atoms. The minimum atomic E-state index is -0.277. The first kappa shape index (κ1) is 21.9. The number of hydrogen-bond donors (Lipinski definition) is 3. The van der Waals surface area contributed by atoms with Gasteiger partial charge in [-0.25, -0.2) is 0 Å². The van der Waals surface area contributed by atoms with Crippen molar-refractivity contribution in [3.05, 3.63) is 29.8 Å². The van der Waals surface area contributed by atoms with Crippen molar-refractivity contribution in [3.8, 4) is 0 Å². The molecule has 1 aromatic carbocycles. The molecule has 1 aliphatic rings. The maximum Gasteiger partial charge on any atom is 0.251 e. The highest BCUT2D eigenvalue weighted by Gasteiger charge is 2.19. The molecule has 1 fully saturated rings.